The number of rotatable bonds is 57. The molecule has 4 fully saturated rings. The lowest BCUT2D eigenvalue weighted by molar-refractivity contribution is -0.129. The van der Waals surface area contributed by atoms with Crippen LogP contribution in [0.1, 0.15) is 192 Å². The number of amides is 6. The summed E-state index contributed by atoms with van der Waals surface area (Å²) in [7, 11) is 0. The van der Waals surface area contributed by atoms with E-state index in [9.17, 15) is 33.2 Å². The fourth-order valence-corrected chi connectivity index (χ4v) is 18.3. The molecule has 0 bridgehead atoms. The maximum atomic E-state index is 14.1. The van der Waals surface area contributed by atoms with Crippen LogP contribution in [0.4, 0.5) is 9.18 Å². The van der Waals surface area contributed by atoms with E-state index in [2.05, 4.69) is 93.2 Å². The van der Waals surface area contributed by atoms with Crippen LogP contribution >= 0.6 is 0 Å². The Morgan fingerprint density at radius 2 is 1.18 bits per heavy atom. The number of halogens is 1. The van der Waals surface area contributed by atoms with Crippen LogP contribution in [-0.4, -0.2) is 284 Å². The Morgan fingerprint density at radius 1 is 0.607 bits per heavy atom. The molecule has 32 nitrogen and oxygen atoms in total. The van der Waals surface area contributed by atoms with Crippen molar-refractivity contribution in [2.24, 2.45) is 52.2 Å². The molecule has 0 unspecified atom stereocenters. The molecule has 9 rings (SSSR count). The first-order valence-electron chi connectivity index (χ1n) is 44.6. The minimum Gasteiger partial charge on any atom is -0.446 e. The molecule has 0 spiro atoms. The van der Waals surface area contributed by atoms with Gasteiger partial charge in [-0.3, -0.25) is 29.4 Å². The summed E-state index contributed by atoms with van der Waals surface area (Å²) in [6, 6.07) is 7.21. The maximum absolute atomic E-state index is 14.1. The average Bonchev–Trinajstić information content (AvgIpc) is 1.43. The van der Waals surface area contributed by atoms with Crippen molar-refractivity contribution in [1.29, 1.82) is 0 Å². The second-order valence-electron chi connectivity index (χ2n) is 35.5. The molecule has 1 saturated heterocycles. The number of carbonyl (C=O) groups is 6. The summed E-state index contributed by atoms with van der Waals surface area (Å²) >= 11 is 0. The van der Waals surface area contributed by atoms with Gasteiger partial charge in [-0.05, 0) is 160 Å². The molecule has 122 heavy (non-hydrogen) atoms. The van der Waals surface area contributed by atoms with Gasteiger partial charge in [-0.15, -0.1) is 5.10 Å². The van der Waals surface area contributed by atoms with E-state index in [0.29, 0.717) is 194 Å². The third-order valence-electron chi connectivity index (χ3n) is 24.7. The molecule has 5 aliphatic rings. The van der Waals surface area contributed by atoms with Crippen LogP contribution in [0.25, 0.3) is 16.9 Å². The molecule has 4 aliphatic carbocycles. The Balaban J connectivity index is 0.465. The largest absolute Gasteiger partial charge is 0.446 e. The Bertz CT molecular complexity index is 3860. The smallest absolute Gasteiger partial charge is 0.407 e. The fourth-order valence-electron chi connectivity index (χ4n) is 18.3. The van der Waals surface area contributed by atoms with Crippen molar-refractivity contribution in [2.75, 3.05) is 191 Å². The predicted octanol–water partition coefficient (Wildman–Crippen LogP) is 9.29. The van der Waals surface area contributed by atoms with Gasteiger partial charge >= 0.3 is 6.09 Å². The number of ether oxygens (including phenoxy) is 13. The molecule has 0 radical (unpaired) electrons. The molecular weight excluding hydrogens is 1570 g/mol. The van der Waals surface area contributed by atoms with Gasteiger partial charge in [0.1, 0.15) is 30.2 Å². The molecule has 4 heterocycles. The second kappa shape index (κ2) is 50.8. The van der Waals surface area contributed by atoms with Crippen LogP contribution in [0.15, 0.2) is 54.4 Å². The summed E-state index contributed by atoms with van der Waals surface area (Å²) in [6.45, 7) is 32.9. The maximum Gasteiger partial charge on any atom is 0.407 e. The first-order chi connectivity index (χ1) is 58.8. The Kier molecular flexibility index (Phi) is 41.0. The molecule has 33 heteroatoms. The average molecular weight is 1720 g/mol. The van der Waals surface area contributed by atoms with E-state index in [-0.39, 0.29) is 110 Å². The molecule has 9 atom stereocenters. The molecule has 6 amide bonds. The van der Waals surface area contributed by atoms with E-state index in [1.165, 1.54) is 73.5 Å². The Hall–Kier alpha value is -7.25. The summed E-state index contributed by atoms with van der Waals surface area (Å²) in [6.07, 6.45) is 20.1. The SMILES string of the molecule is CC(C)CCC[C@@H](C)[C@H]1CC[C@H]2[C@@H]3CC=C4C[C@@H](OC(=O)NCCCC[C@@H](NC(=O)CCOCCOCCOCCOCCOCCOCCOCCOCCOCCOCCOCCOCCNC(=O)Cn5cc(C(=O)N6CCN(C(=O)c7cn8nc(-c9ccc(F)cc9)cc(C(C)(C)C)c8n7)C(C)(C)C6)nn5)C(=O)NN)CC[C@]4(C)[C@H]3CC[C@]12C. The van der Waals surface area contributed by atoms with Gasteiger partial charge < -0.3 is 87.3 Å². The lowest BCUT2D eigenvalue weighted by Crippen LogP contribution is -2.62. The number of nitrogens with zero attached hydrogens (tertiary/aromatic N) is 8. The van der Waals surface area contributed by atoms with Gasteiger partial charge in [0, 0.05) is 56.7 Å². The van der Waals surface area contributed by atoms with Crippen LogP contribution in [-0.2, 0) is 87.9 Å². The van der Waals surface area contributed by atoms with Gasteiger partial charge in [-0.25, -0.2) is 29.2 Å². The number of imidazole rings is 1. The standard InChI is InChI=1S/C89H142FN13O19/c1-64(2)14-13-15-65(3)71-23-24-72-70-22-19-67-58-69(25-28-88(67,9)73(70)26-29-89(71,72)10)122-85(109)93-30-12-11-16-75(82(106)96-91)94-79(104)27-34-110-36-38-112-40-42-114-44-46-116-48-50-118-52-54-120-56-57-121-55-53-119-51-49-117-47-45-115-43-41-113-39-37-111-35-31-92-80(105)62-101-60-78(97-99-101)83(107)100-32-33-102(87(7,8)63-100)84(108)77-61-103-81(95-77)74(86(4,5)6)59-76(98-103)66-17-20-68(90)21-18-66/h17-21,59-61,64-65,69-73,75H,11-16,22-58,62-63,91H2,1-10H3,(H,92,105)(H,93,109)(H,94,104)(H,96,106)/t65-,69+,70+,71-,72+,73+,75-,88+,89-/m1/s1. The Morgan fingerprint density at radius 3 is 1.74 bits per heavy atom. The lowest BCUT2D eigenvalue weighted by Gasteiger charge is -2.58. The number of alkyl carbamates (subject to hydrolysis) is 1. The molecule has 684 valence electrons. The summed E-state index contributed by atoms with van der Waals surface area (Å²) in [5, 5.41) is 21.2. The second-order valence-corrected chi connectivity index (χ2v) is 35.5. The highest BCUT2D eigenvalue weighted by molar-refractivity contribution is 5.95. The van der Waals surface area contributed by atoms with E-state index in [1.807, 2.05) is 19.9 Å². The number of nitrogens with two attached hydrogens (primary N) is 1. The number of fused-ring (bicyclic) bond motifs is 6. The van der Waals surface area contributed by atoms with Crippen LogP contribution in [0, 0.1) is 52.2 Å². The van der Waals surface area contributed by atoms with E-state index in [1.54, 1.807) is 32.6 Å². The van der Waals surface area contributed by atoms with Gasteiger partial charge in [0.2, 0.25) is 11.8 Å². The van der Waals surface area contributed by atoms with E-state index in [4.69, 9.17) is 77.5 Å². The first-order valence-corrected chi connectivity index (χ1v) is 44.6. The number of benzene rings is 1. The van der Waals surface area contributed by atoms with E-state index in [0.717, 1.165) is 66.4 Å². The molecular formula is C89H142FN13O19. The molecule has 3 saturated carbocycles. The van der Waals surface area contributed by atoms with Gasteiger partial charge in [0.15, 0.2) is 11.3 Å². The third-order valence-corrected chi connectivity index (χ3v) is 24.7. The number of hydrogen-bond acceptors (Lipinski definition) is 24. The molecule has 6 N–H and O–H groups in total. The number of nitrogens with one attached hydrogen (secondary N) is 4. The third kappa shape index (κ3) is 30.8. The van der Waals surface area contributed by atoms with Crippen molar-refractivity contribution < 1.29 is 94.7 Å². The normalized spacial score (nSPS) is 21.2. The zero-order chi connectivity index (χ0) is 87.3. The van der Waals surface area contributed by atoms with E-state index >= 15 is 0 Å². The van der Waals surface area contributed by atoms with Crippen molar-refractivity contribution in [2.45, 2.75) is 195 Å². The van der Waals surface area contributed by atoms with Crippen molar-refractivity contribution in [3.63, 3.8) is 0 Å². The molecule has 1 aliphatic heterocycles. The Labute approximate surface area is 720 Å². The minimum absolute atomic E-state index is 0.0649. The monoisotopic (exact) mass is 1720 g/mol. The van der Waals surface area contributed by atoms with Crippen LogP contribution in [0.3, 0.4) is 0 Å². The highest BCUT2D eigenvalue weighted by atomic mass is 19.1. The van der Waals surface area contributed by atoms with E-state index < -0.39 is 23.6 Å². The van der Waals surface area contributed by atoms with Crippen molar-refractivity contribution in [3.05, 3.63) is 77.1 Å². The summed E-state index contributed by atoms with van der Waals surface area (Å²) in [4.78, 5) is 86.9. The highest BCUT2D eigenvalue weighted by Gasteiger charge is 2.59. The van der Waals surface area contributed by atoms with Crippen molar-refractivity contribution in [1.82, 2.24) is 60.8 Å². The predicted molar refractivity (Wildman–Crippen MR) is 455 cm³/mol. The lowest BCUT2D eigenvalue weighted by atomic mass is 9.47. The van der Waals surface area contributed by atoms with Crippen LogP contribution in [0.2, 0.25) is 0 Å². The summed E-state index contributed by atoms with van der Waals surface area (Å²) in [5.41, 5.74) is 6.25. The number of unbranched alkanes of at least 4 members (excludes halogenated alkanes) is 1. The minimum atomic E-state index is -0.812. The number of carbonyl (C=O) groups excluding carboxylic acids is 6. The number of piperazine rings is 1. The summed E-state index contributed by atoms with van der Waals surface area (Å²) < 4.78 is 89.5. The molecule has 3 aromatic heterocycles. The van der Waals surface area contributed by atoms with Crippen molar-refractivity contribution in [3.8, 4) is 11.3 Å². The van der Waals surface area contributed by atoms with Gasteiger partial charge in [-0.1, -0.05) is 91.5 Å². The first kappa shape index (κ1) is 98.5. The number of aromatic nitrogens is 6. The van der Waals surface area contributed by atoms with Gasteiger partial charge in [-0.2, -0.15) is 5.10 Å². The fraction of sp³-hybridized carbons (Fsp3) is 0.753. The highest BCUT2D eigenvalue weighted by Crippen LogP contribution is 2.67. The number of hydrogen-bond donors (Lipinski definition) is 5. The zero-order valence-electron chi connectivity index (χ0n) is 74.3. The van der Waals surface area contributed by atoms with Crippen LogP contribution < -0.4 is 27.2 Å². The van der Waals surface area contributed by atoms with Gasteiger partial charge in [0.25, 0.3) is 17.7 Å². The van der Waals surface area contributed by atoms with Gasteiger partial charge in [0.05, 0.1) is 182 Å². The zero-order valence-corrected chi connectivity index (χ0v) is 74.3. The quantitative estimate of drug-likeness (QED) is 0.00903. The van der Waals surface area contributed by atoms with Crippen molar-refractivity contribution >= 4 is 41.3 Å². The summed E-state index contributed by atoms with van der Waals surface area (Å²) in [5.74, 6) is 8.02. The molecule has 4 aromatic rings. The number of hydrazine groups is 1. The molecule has 1 aromatic carbocycles. The van der Waals surface area contributed by atoms with Crippen LogP contribution in [0.5, 0.6) is 0 Å². The number of allylic oxidation sites excluding steroid dienone is 1. The topological polar surface area (TPSA) is 364 Å².